The molecule has 0 aromatic rings. The Hall–Kier alpha value is -0.990. The quantitative estimate of drug-likeness (QED) is 0.0518. The predicted octanol–water partition coefficient (Wildman–Crippen LogP) is 7.84. The minimum Gasteiger partial charge on any atom is -0.455 e. The minimum absolute atomic E-state index is 0.139. The van der Waals surface area contributed by atoms with E-state index in [1.165, 1.54) is 57.8 Å². The fourth-order valence-corrected chi connectivity index (χ4v) is 6.77. The molecule has 44 heavy (non-hydrogen) atoms. The van der Waals surface area contributed by atoms with Crippen molar-refractivity contribution >= 4 is 5.97 Å². The van der Waals surface area contributed by atoms with Crippen LogP contribution in [0.3, 0.4) is 0 Å². The SMILES string of the molecule is CCCCCCCCCCCC[C@H](O)[C@H]1CC[C@H]([C@H](O)CCCC[C@H](O)CCCCCCC[C@@H](O)CC2=C[C@H](C)OC2=O)O1. The normalized spacial score (nSPS) is 23.0. The second kappa shape index (κ2) is 24.2. The van der Waals surface area contributed by atoms with Gasteiger partial charge < -0.3 is 29.9 Å². The highest BCUT2D eigenvalue weighted by molar-refractivity contribution is 5.90. The zero-order chi connectivity index (χ0) is 32.0. The summed E-state index contributed by atoms with van der Waals surface area (Å²) in [5.74, 6) is -0.298. The number of cyclic esters (lactones) is 1. The molecule has 4 N–H and O–H groups in total. The van der Waals surface area contributed by atoms with Crippen LogP contribution in [0.1, 0.15) is 174 Å². The number of aliphatic hydroxyl groups excluding tert-OH is 4. The first-order valence-electron chi connectivity index (χ1n) is 18.6. The Morgan fingerprint density at radius 3 is 1.52 bits per heavy atom. The number of hydrogen-bond donors (Lipinski definition) is 4. The summed E-state index contributed by atoms with van der Waals surface area (Å²) in [7, 11) is 0. The number of aliphatic hydroxyl groups is 4. The van der Waals surface area contributed by atoms with E-state index < -0.39 is 18.3 Å². The van der Waals surface area contributed by atoms with Gasteiger partial charge in [-0.1, -0.05) is 116 Å². The van der Waals surface area contributed by atoms with Crippen molar-refractivity contribution in [2.75, 3.05) is 0 Å². The molecule has 2 rings (SSSR count). The van der Waals surface area contributed by atoms with Gasteiger partial charge >= 0.3 is 5.97 Å². The molecule has 0 unspecified atom stereocenters. The van der Waals surface area contributed by atoms with Crippen molar-refractivity contribution in [3.8, 4) is 0 Å². The first kappa shape index (κ1) is 39.2. The maximum atomic E-state index is 11.7. The summed E-state index contributed by atoms with van der Waals surface area (Å²) in [5, 5.41) is 41.8. The Balaban J connectivity index is 1.38. The van der Waals surface area contributed by atoms with Crippen LogP contribution in [-0.4, -0.2) is 69.1 Å². The van der Waals surface area contributed by atoms with E-state index in [0.29, 0.717) is 24.8 Å². The van der Waals surface area contributed by atoms with Crippen LogP contribution in [0, 0.1) is 0 Å². The van der Waals surface area contributed by atoms with Gasteiger partial charge in [0, 0.05) is 12.0 Å². The van der Waals surface area contributed by atoms with Gasteiger partial charge in [-0.25, -0.2) is 4.79 Å². The van der Waals surface area contributed by atoms with Crippen LogP contribution in [0.25, 0.3) is 0 Å². The van der Waals surface area contributed by atoms with Crippen molar-refractivity contribution < 1.29 is 34.7 Å². The third-order valence-electron chi connectivity index (χ3n) is 9.61. The number of ether oxygens (including phenoxy) is 2. The van der Waals surface area contributed by atoms with Crippen LogP contribution in [0.15, 0.2) is 11.6 Å². The lowest BCUT2D eigenvalue weighted by molar-refractivity contribution is -0.139. The lowest BCUT2D eigenvalue weighted by Crippen LogP contribution is -2.31. The highest BCUT2D eigenvalue weighted by Crippen LogP contribution is 2.28. The molecule has 0 saturated carbocycles. The third-order valence-corrected chi connectivity index (χ3v) is 9.61. The van der Waals surface area contributed by atoms with Gasteiger partial charge in [0.25, 0.3) is 0 Å². The van der Waals surface area contributed by atoms with Gasteiger partial charge in [0.1, 0.15) is 6.10 Å². The maximum Gasteiger partial charge on any atom is 0.334 e. The summed E-state index contributed by atoms with van der Waals surface area (Å²) >= 11 is 0. The van der Waals surface area contributed by atoms with Gasteiger partial charge in [-0.3, -0.25) is 0 Å². The maximum absolute atomic E-state index is 11.7. The van der Waals surface area contributed by atoms with Gasteiger partial charge in [-0.15, -0.1) is 0 Å². The van der Waals surface area contributed by atoms with E-state index in [1.54, 1.807) is 6.08 Å². The number of hydrogen-bond acceptors (Lipinski definition) is 7. The van der Waals surface area contributed by atoms with E-state index >= 15 is 0 Å². The number of rotatable bonds is 28. The number of carbonyl (C=O) groups excluding carboxylic acids is 1. The molecular formula is C37H68O7. The van der Waals surface area contributed by atoms with E-state index in [-0.39, 0.29) is 30.4 Å². The Morgan fingerprint density at radius 2 is 1.05 bits per heavy atom. The van der Waals surface area contributed by atoms with Crippen LogP contribution in [0.4, 0.5) is 0 Å². The smallest absolute Gasteiger partial charge is 0.334 e. The van der Waals surface area contributed by atoms with Crippen LogP contribution >= 0.6 is 0 Å². The Morgan fingerprint density at radius 1 is 0.636 bits per heavy atom. The highest BCUT2D eigenvalue weighted by Gasteiger charge is 2.34. The summed E-state index contributed by atoms with van der Waals surface area (Å²) in [4.78, 5) is 11.7. The molecule has 0 aromatic heterocycles. The summed E-state index contributed by atoms with van der Waals surface area (Å²) in [6, 6.07) is 0. The lowest BCUT2D eigenvalue weighted by Gasteiger charge is -2.22. The standard InChI is InChI=1S/C37H68O7/c1-3-4-5-6-7-8-9-10-14-17-23-33(40)35-25-26-36(44-35)34(41)24-19-18-21-31(38)20-15-12-11-13-16-22-32(39)28-30-27-29(2)43-37(30)42/h27,29,31-36,38-41H,3-26,28H2,1-2H3/t29-,31+,32+,33-,34+,35+,36+/m0/s1. The van der Waals surface area contributed by atoms with Gasteiger partial charge in [0.05, 0.1) is 36.6 Å². The molecule has 7 nitrogen and oxygen atoms in total. The van der Waals surface area contributed by atoms with Crippen molar-refractivity contribution in [2.45, 2.75) is 217 Å². The van der Waals surface area contributed by atoms with E-state index in [2.05, 4.69) is 6.92 Å². The predicted molar refractivity (Wildman–Crippen MR) is 177 cm³/mol. The molecule has 7 atom stereocenters. The van der Waals surface area contributed by atoms with Crippen molar-refractivity contribution in [3.63, 3.8) is 0 Å². The molecule has 2 aliphatic heterocycles. The second-order valence-corrected chi connectivity index (χ2v) is 13.8. The summed E-state index contributed by atoms with van der Waals surface area (Å²) in [6.07, 6.45) is 25.2. The van der Waals surface area contributed by atoms with Crippen molar-refractivity contribution in [1.29, 1.82) is 0 Å². The molecule has 0 bridgehead atoms. The van der Waals surface area contributed by atoms with E-state index in [1.807, 2.05) is 6.92 Å². The molecule has 0 amide bonds. The number of esters is 1. The number of carbonyl (C=O) groups is 1. The van der Waals surface area contributed by atoms with Crippen LogP contribution in [-0.2, 0) is 14.3 Å². The zero-order valence-electron chi connectivity index (χ0n) is 28.3. The van der Waals surface area contributed by atoms with Crippen LogP contribution in [0.2, 0.25) is 0 Å². The molecule has 2 aliphatic rings. The fraction of sp³-hybridized carbons (Fsp3) is 0.919. The topological polar surface area (TPSA) is 116 Å². The lowest BCUT2D eigenvalue weighted by atomic mass is 9.99. The largest absolute Gasteiger partial charge is 0.455 e. The van der Waals surface area contributed by atoms with Crippen LogP contribution < -0.4 is 0 Å². The Kier molecular flexibility index (Phi) is 21.6. The molecule has 0 radical (unpaired) electrons. The van der Waals surface area contributed by atoms with E-state index in [9.17, 15) is 25.2 Å². The molecule has 2 heterocycles. The highest BCUT2D eigenvalue weighted by atomic mass is 16.5. The van der Waals surface area contributed by atoms with Gasteiger partial charge in [0.2, 0.25) is 0 Å². The minimum atomic E-state index is -0.494. The fourth-order valence-electron chi connectivity index (χ4n) is 6.77. The molecule has 1 fully saturated rings. The first-order chi connectivity index (χ1) is 21.3. The summed E-state index contributed by atoms with van der Waals surface area (Å²) in [6.45, 7) is 4.08. The zero-order valence-corrected chi connectivity index (χ0v) is 28.3. The molecule has 0 aliphatic carbocycles. The summed E-state index contributed by atoms with van der Waals surface area (Å²) < 4.78 is 11.1. The first-order valence-corrected chi connectivity index (χ1v) is 18.6. The molecule has 0 spiro atoms. The van der Waals surface area contributed by atoms with Crippen molar-refractivity contribution in [2.24, 2.45) is 0 Å². The molecular weight excluding hydrogens is 556 g/mol. The van der Waals surface area contributed by atoms with Gasteiger partial charge in [-0.2, -0.15) is 0 Å². The average Bonchev–Trinajstić information content (AvgIpc) is 3.61. The van der Waals surface area contributed by atoms with Crippen molar-refractivity contribution in [1.82, 2.24) is 0 Å². The molecule has 258 valence electrons. The van der Waals surface area contributed by atoms with Crippen LogP contribution in [0.5, 0.6) is 0 Å². The molecule has 7 heteroatoms. The summed E-state index contributed by atoms with van der Waals surface area (Å²) in [5.41, 5.74) is 0.596. The Labute approximate surface area is 269 Å². The molecule has 0 aromatic carbocycles. The monoisotopic (exact) mass is 624 g/mol. The van der Waals surface area contributed by atoms with Gasteiger partial charge in [0.15, 0.2) is 0 Å². The average molecular weight is 625 g/mol. The molecule has 1 saturated heterocycles. The van der Waals surface area contributed by atoms with E-state index in [0.717, 1.165) is 83.5 Å². The Bertz CT molecular complexity index is 756. The van der Waals surface area contributed by atoms with Crippen molar-refractivity contribution in [3.05, 3.63) is 11.6 Å². The van der Waals surface area contributed by atoms with Gasteiger partial charge in [-0.05, 0) is 57.9 Å². The number of unbranched alkanes of at least 4 members (excludes halogenated alkanes) is 14. The van der Waals surface area contributed by atoms with E-state index in [4.69, 9.17) is 9.47 Å². The second-order valence-electron chi connectivity index (χ2n) is 13.8. The third kappa shape index (κ3) is 17.6.